The zero-order valence-electron chi connectivity index (χ0n) is 6.62. The smallest absolute Gasteiger partial charge is 0.322 e. The molecule has 0 aliphatic carbocycles. The minimum absolute atomic E-state index is 0.202. The van der Waals surface area contributed by atoms with Crippen LogP contribution in [0.5, 0.6) is 0 Å². The van der Waals surface area contributed by atoms with Crippen molar-refractivity contribution in [1.29, 1.82) is 0 Å². The monoisotopic (exact) mass is 190 g/mol. The van der Waals surface area contributed by atoms with Crippen LogP contribution in [0.25, 0.3) is 0 Å². The summed E-state index contributed by atoms with van der Waals surface area (Å²) in [5.74, 6) is 0.315. The highest BCUT2D eigenvalue weighted by atomic mass is 32.2. The molecule has 2 N–H and O–H groups in total. The summed E-state index contributed by atoms with van der Waals surface area (Å²) in [7, 11) is -1.03. The van der Waals surface area contributed by atoms with Gasteiger partial charge in [0.15, 0.2) is 0 Å². The van der Waals surface area contributed by atoms with E-state index in [1.54, 1.807) is 6.92 Å². The van der Waals surface area contributed by atoms with Gasteiger partial charge in [0.25, 0.3) is 5.91 Å². The Morgan fingerprint density at radius 2 is 2.17 bits per heavy atom. The van der Waals surface area contributed by atoms with Gasteiger partial charge in [-0.15, -0.1) is 0 Å². The Morgan fingerprint density at radius 3 is 2.58 bits per heavy atom. The first-order valence-electron chi connectivity index (χ1n) is 3.59. The molecule has 1 saturated heterocycles. The summed E-state index contributed by atoms with van der Waals surface area (Å²) in [5, 5.41) is 4.45. The van der Waals surface area contributed by atoms with Crippen LogP contribution in [0.15, 0.2) is 0 Å². The molecular weight excluding hydrogens is 180 g/mol. The standard InChI is InChI=1S/C6H10N2O3S/c1-2-12(11)3-4-5(9)8-6(10)7-4/h4H,2-3H2,1H3,(H2,7,8,9,10)/t4-,12?/m0/s1. The van der Waals surface area contributed by atoms with Crippen molar-refractivity contribution in [3.8, 4) is 0 Å². The van der Waals surface area contributed by atoms with Crippen LogP contribution in [-0.2, 0) is 15.6 Å². The van der Waals surface area contributed by atoms with Gasteiger partial charge in [-0.1, -0.05) is 6.92 Å². The predicted octanol–water partition coefficient (Wildman–Crippen LogP) is -1.04. The minimum atomic E-state index is -1.03. The van der Waals surface area contributed by atoms with Crippen LogP contribution in [-0.4, -0.2) is 33.7 Å². The number of urea groups is 1. The molecule has 0 aromatic rings. The SMILES string of the molecule is CCS(=O)C[C@@H]1NC(=O)NC1=O. The Labute approximate surface area is 72.4 Å². The average molecular weight is 190 g/mol. The summed E-state index contributed by atoms with van der Waals surface area (Å²) in [6.45, 7) is 1.77. The molecule has 68 valence electrons. The van der Waals surface area contributed by atoms with Crippen LogP contribution in [0, 0.1) is 0 Å². The first-order valence-corrected chi connectivity index (χ1v) is 5.08. The van der Waals surface area contributed by atoms with Gasteiger partial charge in [-0.05, 0) is 0 Å². The Morgan fingerprint density at radius 1 is 1.50 bits per heavy atom. The summed E-state index contributed by atoms with van der Waals surface area (Å²) in [4.78, 5) is 21.5. The van der Waals surface area contributed by atoms with E-state index in [4.69, 9.17) is 0 Å². The van der Waals surface area contributed by atoms with E-state index in [1.807, 2.05) is 0 Å². The van der Waals surface area contributed by atoms with Crippen molar-refractivity contribution in [2.45, 2.75) is 13.0 Å². The van der Waals surface area contributed by atoms with Crippen molar-refractivity contribution in [2.24, 2.45) is 0 Å². The van der Waals surface area contributed by atoms with Crippen LogP contribution in [0.1, 0.15) is 6.92 Å². The van der Waals surface area contributed by atoms with Crippen LogP contribution in [0.4, 0.5) is 4.79 Å². The lowest BCUT2D eigenvalue weighted by Crippen LogP contribution is -2.34. The van der Waals surface area contributed by atoms with E-state index in [0.717, 1.165) is 0 Å². The van der Waals surface area contributed by atoms with E-state index in [-0.39, 0.29) is 11.7 Å². The molecule has 12 heavy (non-hydrogen) atoms. The van der Waals surface area contributed by atoms with Gasteiger partial charge in [0.05, 0.1) is 5.75 Å². The van der Waals surface area contributed by atoms with Crippen molar-refractivity contribution >= 4 is 22.7 Å². The van der Waals surface area contributed by atoms with Gasteiger partial charge in [0.2, 0.25) is 0 Å². The van der Waals surface area contributed by atoms with E-state index < -0.39 is 22.9 Å². The normalized spacial score (nSPS) is 24.9. The third kappa shape index (κ3) is 2.04. The quantitative estimate of drug-likeness (QED) is 0.558. The van der Waals surface area contributed by atoms with Gasteiger partial charge in [-0.3, -0.25) is 14.3 Å². The maximum Gasteiger partial charge on any atom is 0.322 e. The van der Waals surface area contributed by atoms with Gasteiger partial charge in [0.1, 0.15) is 6.04 Å². The molecule has 0 aromatic heterocycles. The number of rotatable bonds is 3. The third-order valence-electron chi connectivity index (χ3n) is 1.53. The largest absolute Gasteiger partial charge is 0.325 e. The molecule has 1 aliphatic heterocycles. The molecule has 0 saturated carbocycles. The highest BCUT2D eigenvalue weighted by molar-refractivity contribution is 7.85. The molecular formula is C6H10N2O3S. The second kappa shape index (κ2) is 3.66. The fraction of sp³-hybridized carbons (Fsp3) is 0.667. The maximum atomic E-state index is 11.0. The summed E-state index contributed by atoms with van der Waals surface area (Å²) in [5.41, 5.74) is 0. The van der Waals surface area contributed by atoms with Crippen LogP contribution in [0.3, 0.4) is 0 Å². The summed E-state index contributed by atoms with van der Waals surface area (Å²) in [6, 6.07) is -1.11. The number of nitrogens with one attached hydrogen (secondary N) is 2. The van der Waals surface area contributed by atoms with Gasteiger partial charge < -0.3 is 5.32 Å². The lowest BCUT2D eigenvalue weighted by Gasteiger charge is -2.04. The molecule has 1 heterocycles. The van der Waals surface area contributed by atoms with E-state index in [0.29, 0.717) is 5.75 Å². The van der Waals surface area contributed by atoms with E-state index in [2.05, 4.69) is 10.6 Å². The molecule has 0 radical (unpaired) electrons. The summed E-state index contributed by atoms with van der Waals surface area (Å²) < 4.78 is 11.0. The minimum Gasteiger partial charge on any atom is -0.325 e. The Balaban J connectivity index is 2.48. The molecule has 0 spiro atoms. The fourth-order valence-electron chi connectivity index (χ4n) is 0.880. The molecule has 0 aromatic carbocycles. The topological polar surface area (TPSA) is 75.3 Å². The zero-order chi connectivity index (χ0) is 9.14. The van der Waals surface area contributed by atoms with Gasteiger partial charge >= 0.3 is 6.03 Å². The molecule has 1 aliphatic rings. The number of hydrogen-bond acceptors (Lipinski definition) is 3. The highest BCUT2D eigenvalue weighted by Gasteiger charge is 2.30. The lowest BCUT2D eigenvalue weighted by atomic mass is 10.3. The van der Waals surface area contributed by atoms with Crippen LogP contribution in [0.2, 0.25) is 0 Å². The van der Waals surface area contributed by atoms with Gasteiger partial charge in [-0.2, -0.15) is 0 Å². The second-order valence-electron chi connectivity index (χ2n) is 2.41. The first kappa shape index (κ1) is 9.18. The number of carbonyl (C=O) groups is 2. The lowest BCUT2D eigenvalue weighted by molar-refractivity contribution is -0.119. The Hall–Kier alpha value is -0.910. The van der Waals surface area contributed by atoms with E-state index >= 15 is 0 Å². The molecule has 3 amide bonds. The summed E-state index contributed by atoms with van der Waals surface area (Å²) >= 11 is 0. The molecule has 0 bridgehead atoms. The zero-order valence-corrected chi connectivity index (χ0v) is 7.44. The summed E-state index contributed by atoms with van der Waals surface area (Å²) in [6.07, 6.45) is 0. The number of carbonyl (C=O) groups excluding carboxylic acids is 2. The molecule has 1 rings (SSSR count). The maximum absolute atomic E-state index is 11.0. The predicted molar refractivity (Wildman–Crippen MR) is 44.0 cm³/mol. The van der Waals surface area contributed by atoms with E-state index in [1.165, 1.54) is 0 Å². The van der Waals surface area contributed by atoms with Crippen molar-refractivity contribution in [1.82, 2.24) is 10.6 Å². The van der Waals surface area contributed by atoms with Crippen LogP contribution >= 0.6 is 0 Å². The van der Waals surface area contributed by atoms with Crippen molar-refractivity contribution < 1.29 is 13.8 Å². The Bertz CT molecular complexity index is 241. The van der Waals surface area contributed by atoms with Gasteiger partial charge in [0, 0.05) is 16.6 Å². The molecule has 2 atom stereocenters. The molecule has 5 nitrogen and oxygen atoms in total. The van der Waals surface area contributed by atoms with Crippen molar-refractivity contribution in [3.63, 3.8) is 0 Å². The first-order chi connectivity index (χ1) is 5.63. The van der Waals surface area contributed by atoms with Crippen LogP contribution < -0.4 is 10.6 Å². The van der Waals surface area contributed by atoms with E-state index in [9.17, 15) is 13.8 Å². The Kier molecular flexibility index (Phi) is 2.80. The second-order valence-corrected chi connectivity index (χ2v) is 4.20. The molecule has 1 fully saturated rings. The molecule has 1 unspecified atom stereocenters. The fourth-order valence-corrected chi connectivity index (χ4v) is 1.72. The number of imide groups is 1. The van der Waals surface area contributed by atoms with Crippen molar-refractivity contribution in [3.05, 3.63) is 0 Å². The average Bonchev–Trinajstić information content (AvgIpc) is 2.30. The number of amides is 3. The molecule has 6 heteroatoms. The van der Waals surface area contributed by atoms with Crippen molar-refractivity contribution in [2.75, 3.05) is 11.5 Å². The van der Waals surface area contributed by atoms with Gasteiger partial charge in [-0.25, -0.2) is 4.79 Å². The number of hydrogen-bond donors (Lipinski definition) is 2. The third-order valence-corrected chi connectivity index (χ3v) is 2.88. The highest BCUT2D eigenvalue weighted by Crippen LogP contribution is 1.96.